The number of hydrogen-bond acceptors (Lipinski definition) is 8. The number of hydrogen-bond donors (Lipinski definition) is 4. The van der Waals surface area contributed by atoms with Crippen LogP contribution in [0.5, 0.6) is 0 Å². The number of ether oxygens (including phenoxy) is 2. The summed E-state index contributed by atoms with van der Waals surface area (Å²) in [4.78, 5) is 71.0. The van der Waals surface area contributed by atoms with Crippen molar-refractivity contribution in [2.45, 2.75) is 75.5 Å². The molecule has 2 aromatic heterocycles. The summed E-state index contributed by atoms with van der Waals surface area (Å²) >= 11 is 0. The summed E-state index contributed by atoms with van der Waals surface area (Å²) < 4.78 is 9.56. The van der Waals surface area contributed by atoms with Crippen molar-refractivity contribution in [3.05, 3.63) is 72.6 Å². The Kier molecular flexibility index (Phi) is 9.82. The molecule has 282 valence electrons. The van der Waals surface area contributed by atoms with Crippen molar-refractivity contribution < 1.29 is 28.7 Å². The number of nitrogens with one attached hydrogen (secondary N) is 4. The number of H-pyrrole nitrogens is 2. The summed E-state index contributed by atoms with van der Waals surface area (Å²) in [7, 11) is 2.62. The average Bonchev–Trinajstić information content (AvgIpc) is 3.92. The molecule has 14 nitrogen and oxygen atoms in total. The van der Waals surface area contributed by atoms with Gasteiger partial charge in [-0.3, -0.25) is 9.59 Å². The first-order valence-corrected chi connectivity index (χ1v) is 18.9. The van der Waals surface area contributed by atoms with Gasteiger partial charge in [0.2, 0.25) is 11.8 Å². The molecule has 0 spiro atoms. The van der Waals surface area contributed by atoms with Gasteiger partial charge in [0.1, 0.15) is 23.7 Å². The van der Waals surface area contributed by atoms with Gasteiger partial charge in [0, 0.05) is 13.1 Å². The molecule has 4 N–H and O–H groups in total. The molecular weight excluding hydrogens is 688 g/mol. The Hall–Kier alpha value is -5.66. The van der Waals surface area contributed by atoms with E-state index >= 15 is 0 Å². The topological polar surface area (TPSA) is 175 Å². The molecule has 0 unspecified atom stereocenters. The average molecular weight is 735 g/mol. The van der Waals surface area contributed by atoms with Crippen LogP contribution in [0.1, 0.15) is 75.1 Å². The standard InChI is InChI=1S/C40H46N8O6/c1-53-39(51)45-33(27-15-16-27)37(49)47-19-3-5-31(47)35-41-21-29(43-35)25-11-7-23(8-12-25)24-9-13-26(14-10-24)30-22-42-36(44-30)32-6-4-20-48(32)38(50)34(28-17-18-28)46-40(52)54-2/h7-14,21-22,27-28,31-34H,3-6,15-20H2,1-2H3,(H,41,43)(H,42,44)(H,45,51)(H,46,52)/t31-,32-,33-,34-/m1/s1. The van der Waals surface area contributed by atoms with Gasteiger partial charge in [-0.25, -0.2) is 19.6 Å². The predicted molar refractivity (Wildman–Crippen MR) is 199 cm³/mol. The van der Waals surface area contributed by atoms with E-state index in [-0.39, 0.29) is 35.7 Å². The Morgan fingerprint density at radius 2 is 0.981 bits per heavy atom. The third-order valence-corrected chi connectivity index (χ3v) is 11.3. The fraction of sp³-hybridized carbons (Fsp3) is 0.450. The van der Waals surface area contributed by atoms with Crippen LogP contribution >= 0.6 is 0 Å². The zero-order chi connectivity index (χ0) is 37.3. The summed E-state index contributed by atoms with van der Waals surface area (Å²) in [5, 5.41) is 5.51. The van der Waals surface area contributed by atoms with Crippen LogP contribution in [0.2, 0.25) is 0 Å². The van der Waals surface area contributed by atoms with Gasteiger partial charge in [0.15, 0.2) is 0 Å². The first-order chi connectivity index (χ1) is 26.3. The van der Waals surface area contributed by atoms with Gasteiger partial charge in [-0.05, 0) is 85.5 Å². The molecule has 14 heteroatoms. The van der Waals surface area contributed by atoms with Crippen molar-refractivity contribution >= 4 is 24.0 Å². The first kappa shape index (κ1) is 35.4. The number of methoxy groups -OCH3 is 2. The van der Waals surface area contributed by atoms with Crippen LogP contribution in [0.4, 0.5) is 9.59 Å². The minimum atomic E-state index is -0.584. The van der Waals surface area contributed by atoms with Crippen molar-refractivity contribution in [2.75, 3.05) is 27.3 Å². The zero-order valence-electron chi connectivity index (χ0n) is 30.5. The van der Waals surface area contributed by atoms with Crippen LogP contribution in [0, 0.1) is 11.8 Å². The van der Waals surface area contributed by atoms with E-state index in [1.165, 1.54) is 14.2 Å². The molecule has 54 heavy (non-hydrogen) atoms. The third kappa shape index (κ3) is 7.29. The molecule has 2 aliphatic carbocycles. The van der Waals surface area contributed by atoms with Gasteiger partial charge >= 0.3 is 12.2 Å². The number of rotatable bonds is 11. The van der Waals surface area contributed by atoms with Crippen molar-refractivity contribution in [3.63, 3.8) is 0 Å². The molecule has 0 radical (unpaired) electrons. The minimum absolute atomic E-state index is 0.0766. The molecule has 0 bridgehead atoms. The van der Waals surface area contributed by atoms with E-state index in [2.05, 4.69) is 79.1 Å². The maximum absolute atomic E-state index is 13.6. The normalized spacial score (nSPS) is 20.7. The third-order valence-electron chi connectivity index (χ3n) is 11.3. The molecule has 2 saturated heterocycles. The number of amides is 4. The van der Waals surface area contributed by atoms with Gasteiger partial charge < -0.3 is 39.9 Å². The van der Waals surface area contributed by atoms with Crippen LogP contribution in [0.25, 0.3) is 33.6 Å². The van der Waals surface area contributed by atoms with Crippen molar-refractivity contribution in [3.8, 4) is 33.6 Å². The lowest BCUT2D eigenvalue weighted by molar-refractivity contribution is -0.135. The lowest BCUT2D eigenvalue weighted by Crippen LogP contribution is -2.49. The highest BCUT2D eigenvalue weighted by molar-refractivity contribution is 5.87. The smallest absolute Gasteiger partial charge is 0.407 e. The van der Waals surface area contributed by atoms with E-state index in [0.717, 1.165) is 96.7 Å². The maximum atomic E-state index is 13.6. The second kappa shape index (κ2) is 15.0. The van der Waals surface area contributed by atoms with E-state index in [4.69, 9.17) is 9.47 Å². The summed E-state index contributed by atoms with van der Waals surface area (Å²) in [6, 6.07) is 15.1. The summed E-state index contributed by atoms with van der Waals surface area (Å²) in [5.41, 5.74) is 5.86. The van der Waals surface area contributed by atoms with Crippen LogP contribution in [-0.4, -0.2) is 93.1 Å². The molecule has 4 heterocycles. The summed E-state index contributed by atoms with van der Waals surface area (Å²) in [6.07, 6.45) is 9.48. The van der Waals surface area contributed by atoms with Gasteiger partial charge in [0.25, 0.3) is 0 Å². The van der Waals surface area contributed by atoms with Crippen molar-refractivity contribution in [1.29, 1.82) is 0 Å². The molecule has 4 aliphatic rings. The van der Waals surface area contributed by atoms with Gasteiger partial charge in [-0.15, -0.1) is 0 Å². The molecule has 2 aromatic carbocycles. The molecule has 4 atom stereocenters. The number of benzene rings is 2. The van der Waals surface area contributed by atoms with E-state index in [9.17, 15) is 19.2 Å². The number of nitrogens with zero attached hydrogens (tertiary/aromatic N) is 4. The Balaban J connectivity index is 0.911. The van der Waals surface area contributed by atoms with E-state index in [1.807, 2.05) is 22.2 Å². The van der Waals surface area contributed by atoms with Crippen LogP contribution in [-0.2, 0) is 19.1 Å². The maximum Gasteiger partial charge on any atom is 0.407 e. The monoisotopic (exact) mass is 734 g/mol. The minimum Gasteiger partial charge on any atom is -0.453 e. The fourth-order valence-electron chi connectivity index (χ4n) is 7.97. The Morgan fingerprint density at radius 1 is 0.611 bits per heavy atom. The first-order valence-electron chi connectivity index (χ1n) is 18.9. The summed E-state index contributed by atoms with van der Waals surface area (Å²) in [6.45, 7) is 1.25. The zero-order valence-corrected chi connectivity index (χ0v) is 30.5. The lowest BCUT2D eigenvalue weighted by Gasteiger charge is -2.28. The van der Waals surface area contributed by atoms with Gasteiger partial charge in [-0.2, -0.15) is 0 Å². The highest BCUT2D eigenvalue weighted by atomic mass is 16.5. The van der Waals surface area contributed by atoms with Crippen LogP contribution in [0.15, 0.2) is 60.9 Å². The van der Waals surface area contributed by atoms with Gasteiger partial charge in [-0.1, -0.05) is 48.5 Å². The molecular formula is C40H46N8O6. The number of carbonyl (C=O) groups is 4. The second-order valence-corrected chi connectivity index (χ2v) is 14.8. The van der Waals surface area contributed by atoms with Gasteiger partial charge in [0.05, 0.1) is 50.1 Å². The number of aromatic amines is 2. The number of likely N-dealkylation sites (tertiary alicyclic amines) is 2. The molecule has 2 aliphatic heterocycles. The van der Waals surface area contributed by atoms with Crippen molar-refractivity contribution in [1.82, 2.24) is 40.4 Å². The summed E-state index contributed by atoms with van der Waals surface area (Å²) in [5.74, 6) is 1.63. The molecule has 4 aromatic rings. The van der Waals surface area contributed by atoms with E-state index in [0.29, 0.717) is 13.1 Å². The largest absolute Gasteiger partial charge is 0.453 e. The fourth-order valence-corrected chi connectivity index (χ4v) is 7.97. The Morgan fingerprint density at radius 3 is 1.33 bits per heavy atom. The number of carbonyl (C=O) groups excluding carboxylic acids is 4. The molecule has 4 amide bonds. The van der Waals surface area contributed by atoms with Crippen LogP contribution < -0.4 is 10.6 Å². The molecule has 2 saturated carbocycles. The molecule has 8 rings (SSSR count). The Labute approximate surface area is 313 Å². The Bertz CT molecular complexity index is 1860. The molecule has 4 fully saturated rings. The second-order valence-electron chi connectivity index (χ2n) is 14.8. The highest BCUT2D eigenvalue weighted by Crippen LogP contribution is 2.39. The number of imidazole rings is 2. The van der Waals surface area contributed by atoms with Crippen molar-refractivity contribution in [2.24, 2.45) is 11.8 Å². The quantitative estimate of drug-likeness (QED) is 0.151. The highest BCUT2D eigenvalue weighted by Gasteiger charge is 2.44. The SMILES string of the molecule is COC(=O)N[C@@H](C(=O)N1CCC[C@@H]1c1ncc(-c2ccc(-c3ccc(-c4cnc([C@H]5CCCN5C(=O)[C@H](NC(=O)OC)C5CC5)[nH]4)cc3)cc2)[nH]1)C1CC1. The van der Waals surface area contributed by atoms with E-state index in [1.54, 1.807) is 0 Å². The van der Waals surface area contributed by atoms with E-state index < -0.39 is 24.3 Å². The predicted octanol–water partition coefficient (Wildman–Crippen LogP) is 5.73. The number of aromatic nitrogens is 4. The number of alkyl carbamates (subject to hydrolysis) is 2. The van der Waals surface area contributed by atoms with Crippen LogP contribution in [0.3, 0.4) is 0 Å². The lowest BCUT2D eigenvalue weighted by atomic mass is 10.0.